The number of hydrogen-bond acceptors (Lipinski definition) is 3. The molecule has 1 aliphatic rings. The topological polar surface area (TPSA) is 42.3 Å². The number of aromatic nitrogens is 1. The second-order valence-electron chi connectivity index (χ2n) is 7.03. The number of imide groups is 1. The van der Waals surface area contributed by atoms with Gasteiger partial charge in [0.2, 0.25) is 0 Å². The van der Waals surface area contributed by atoms with E-state index in [-0.39, 0.29) is 17.0 Å². The van der Waals surface area contributed by atoms with E-state index in [9.17, 15) is 14.0 Å². The molecule has 0 unspecified atom stereocenters. The molecule has 0 atom stereocenters. The Morgan fingerprint density at radius 2 is 1.79 bits per heavy atom. The Hall–Kier alpha value is -2.86. The molecule has 2 aromatic carbocycles. The minimum Gasteiger partial charge on any atom is -0.340 e. The van der Waals surface area contributed by atoms with Gasteiger partial charge in [0.1, 0.15) is 5.82 Å². The van der Waals surface area contributed by atoms with E-state index in [1.54, 1.807) is 18.2 Å². The Kier molecular flexibility index (Phi) is 5.28. The van der Waals surface area contributed by atoms with Gasteiger partial charge in [-0.05, 0) is 43.3 Å². The van der Waals surface area contributed by atoms with E-state index in [0.717, 1.165) is 40.3 Å². The maximum atomic E-state index is 14.2. The third-order valence-corrected chi connectivity index (χ3v) is 6.07. The summed E-state index contributed by atoms with van der Waals surface area (Å²) in [6.45, 7) is 4.72. The van der Waals surface area contributed by atoms with Crippen molar-refractivity contribution in [1.82, 2.24) is 9.47 Å². The number of rotatable bonds is 5. The summed E-state index contributed by atoms with van der Waals surface area (Å²) in [6.07, 6.45) is 2.53. The summed E-state index contributed by atoms with van der Waals surface area (Å²) in [5, 5.41) is 0.750. The van der Waals surface area contributed by atoms with Gasteiger partial charge in [0.15, 0.2) is 0 Å². The molecule has 0 N–H and O–H groups in total. The van der Waals surface area contributed by atoms with Gasteiger partial charge >= 0.3 is 0 Å². The molecule has 0 radical (unpaired) electrons. The van der Waals surface area contributed by atoms with Gasteiger partial charge in [-0.15, -0.1) is 0 Å². The average molecular weight is 408 g/mol. The first-order chi connectivity index (χ1) is 14.0. The number of para-hydroxylation sites is 1. The van der Waals surface area contributed by atoms with Crippen molar-refractivity contribution in [3.05, 3.63) is 76.1 Å². The van der Waals surface area contributed by atoms with Crippen molar-refractivity contribution in [2.45, 2.75) is 26.8 Å². The molecule has 2 heterocycles. The number of nitrogens with zero attached hydrogens (tertiary/aromatic N) is 2. The van der Waals surface area contributed by atoms with Gasteiger partial charge in [0, 0.05) is 34.3 Å². The zero-order valence-corrected chi connectivity index (χ0v) is 17.1. The van der Waals surface area contributed by atoms with Crippen LogP contribution in [0.3, 0.4) is 0 Å². The highest BCUT2D eigenvalue weighted by atomic mass is 32.2. The largest absolute Gasteiger partial charge is 0.340 e. The Morgan fingerprint density at radius 3 is 2.55 bits per heavy atom. The summed E-state index contributed by atoms with van der Waals surface area (Å²) in [5.41, 5.74) is 3.38. The molecule has 1 aliphatic heterocycles. The van der Waals surface area contributed by atoms with Crippen molar-refractivity contribution >= 4 is 39.9 Å². The minimum atomic E-state index is -0.244. The van der Waals surface area contributed by atoms with Crippen LogP contribution in [0.4, 0.5) is 9.18 Å². The second-order valence-corrected chi connectivity index (χ2v) is 8.02. The standard InChI is InChI=1S/C23H21FN2O2S/c1-3-12-25-22(27)21(29-23(25)28)13-18-15(2)26(20-11-7-5-9-17(18)20)14-16-8-4-6-10-19(16)24/h4-11,13H,3,12,14H2,1-2H3/b21-13+. The van der Waals surface area contributed by atoms with Crippen LogP contribution in [-0.4, -0.2) is 27.2 Å². The molecule has 0 bridgehead atoms. The van der Waals surface area contributed by atoms with Crippen molar-refractivity contribution in [2.24, 2.45) is 0 Å². The third kappa shape index (κ3) is 3.49. The van der Waals surface area contributed by atoms with E-state index in [1.807, 2.05) is 44.2 Å². The Bertz CT molecular complexity index is 1150. The monoisotopic (exact) mass is 408 g/mol. The number of carbonyl (C=O) groups is 2. The van der Waals surface area contributed by atoms with Gasteiger partial charge in [-0.1, -0.05) is 43.3 Å². The van der Waals surface area contributed by atoms with Crippen molar-refractivity contribution < 1.29 is 14.0 Å². The fourth-order valence-electron chi connectivity index (χ4n) is 3.69. The van der Waals surface area contributed by atoms with E-state index in [0.29, 0.717) is 23.6 Å². The van der Waals surface area contributed by atoms with Gasteiger partial charge in [0.25, 0.3) is 11.1 Å². The normalized spacial score (nSPS) is 15.8. The molecule has 2 amide bonds. The lowest BCUT2D eigenvalue weighted by Gasteiger charge is -2.10. The van der Waals surface area contributed by atoms with E-state index in [4.69, 9.17) is 0 Å². The number of fused-ring (bicyclic) bond motifs is 1. The van der Waals surface area contributed by atoms with Crippen LogP contribution in [0.1, 0.15) is 30.2 Å². The van der Waals surface area contributed by atoms with Crippen LogP contribution in [0.2, 0.25) is 0 Å². The summed E-state index contributed by atoms with van der Waals surface area (Å²) < 4.78 is 16.3. The highest BCUT2D eigenvalue weighted by Gasteiger charge is 2.34. The maximum absolute atomic E-state index is 14.2. The Labute approximate surface area is 173 Å². The van der Waals surface area contributed by atoms with Crippen LogP contribution in [0.15, 0.2) is 53.4 Å². The molecule has 6 heteroatoms. The molecule has 1 aromatic heterocycles. The van der Waals surface area contributed by atoms with E-state index in [1.165, 1.54) is 11.0 Å². The van der Waals surface area contributed by atoms with Crippen molar-refractivity contribution in [3.8, 4) is 0 Å². The SMILES string of the molecule is CCCN1C(=O)S/C(=C/c2c(C)n(Cc3ccccc3F)c3ccccc23)C1=O. The summed E-state index contributed by atoms with van der Waals surface area (Å²) in [7, 11) is 0. The van der Waals surface area contributed by atoms with Gasteiger partial charge < -0.3 is 4.57 Å². The summed E-state index contributed by atoms with van der Waals surface area (Å²) in [4.78, 5) is 26.6. The molecular formula is C23H21FN2O2S. The van der Waals surface area contributed by atoms with E-state index in [2.05, 4.69) is 4.57 Å². The quantitative estimate of drug-likeness (QED) is 0.517. The van der Waals surface area contributed by atoms with Crippen LogP contribution in [0.5, 0.6) is 0 Å². The molecule has 0 spiro atoms. The zero-order valence-electron chi connectivity index (χ0n) is 16.3. The summed E-state index contributed by atoms with van der Waals surface area (Å²) in [5.74, 6) is -0.487. The maximum Gasteiger partial charge on any atom is 0.293 e. The zero-order chi connectivity index (χ0) is 20.5. The van der Waals surface area contributed by atoms with Crippen LogP contribution < -0.4 is 0 Å². The minimum absolute atomic E-state index is 0.226. The smallest absolute Gasteiger partial charge is 0.293 e. The predicted octanol–water partition coefficient (Wildman–Crippen LogP) is 5.58. The lowest BCUT2D eigenvalue weighted by molar-refractivity contribution is -0.122. The van der Waals surface area contributed by atoms with E-state index < -0.39 is 0 Å². The number of thioether (sulfide) groups is 1. The number of amides is 2. The van der Waals surface area contributed by atoms with Crippen LogP contribution >= 0.6 is 11.8 Å². The van der Waals surface area contributed by atoms with Crippen molar-refractivity contribution in [2.75, 3.05) is 6.54 Å². The Morgan fingerprint density at radius 1 is 1.07 bits per heavy atom. The lowest BCUT2D eigenvalue weighted by atomic mass is 10.1. The van der Waals surface area contributed by atoms with Gasteiger partial charge in [-0.2, -0.15) is 0 Å². The van der Waals surface area contributed by atoms with Crippen LogP contribution in [-0.2, 0) is 11.3 Å². The summed E-state index contributed by atoms with van der Waals surface area (Å²) in [6, 6.07) is 14.6. The number of halogens is 1. The van der Waals surface area contributed by atoms with Gasteiger partial charge in [-0.3, -0.25) is 14.5 Å². The number of benzene rings is 2. The first kappa shape index (κ1) is 19.5. The third-order valence-electron chi connectivity index (χ3n) is 5.16. The molecule has 4 rings (SSSR count). The first-order valence-corrected chi connectivity index (χ1v) is 10.4. The van der Waals surface area contributed by atoms with Crippen LogP contribution in [0, 0.1) is 12.7 Å². The van der Waals surface area contributed by atoms with Crippen LogP contribution in [0.25, 0.3) is 17.0 Å². The highest BCUT2D eigenvalue weighted by Crippen LogP contribution is 2.36. The molecule has 1 saturated heterocycles. The van der Waals surface area contributed by atoms with E-state index >= 15 is 0 Å². The number of carbonyl (C=O) groups excluding carboxylic acids is 2. The fourth-order valence-corrected chi connectivity index (χ4v) is 4.53. The lowest BCUT2D eigenvalue weighted by Crippen LogP contribution is -2.28. The molecule has 4 nitrogen and oxygen atoms in total. The van der Waals surface area contributed by atoms with Crippen molar-refractivity contribution in [1.29, 1.82) is 0 Å². The van der Waals surface area contributed by atoms with Gasteiger partial charge in [-0.25, -0.2) is 4.39 Å². The number of hydrogen-bond donors (Lipinski definition) is 0. The fraction of sp³-hybridized carbons (Fsp3) is 0.217. The van der Waals surface area contributed by atoms with Crippen molar-refractivity contribution in [3.63, 3.8) is 0 Å². The molecule has 1 fully saturated rings. The molecule has 3 aromatic rings. The average Bonchev–Trinajstić information content (AvgIpc) is 3.13. The molecular weight excluding hydrogens is 387 g/mol. The van der Waals surface area contributed by atoms with Gasteiger partial charge in [0.05, 0.1) is 11.4 Å². The Balaban J connectivity index is 1.81. The highest BCUT2D eigenvalue weighted by molar-refractivity contribution is 8.18. The first-order valence-electron chi connectivity index (χ1n) is 9.58. The molecule has 0 aliphatic carbocycles. The molecule has 148 valence electrons. The summed E-state index contributed by atoms with van der Waals surface area (Å²) >= 11 is 0.979. The molecule has 29 heavy (non-hydrogen) atoms. The second kappa shape index (κ2) is 7.87. The molecule has 0 saturated carbocycles. The predicted molar refractivity (Wildman–Crippen MR) is 115 cm³/mol.